The van der Waals surface area contributed by atoms with E-state index in [-0.39, 0.29) is 31.2 Å². The van der Waals surface area contributed by atoms with Crippen molar-refractivity contribution < 1.29 is 33.5 Å². The molecular weight excluding hydrogens is 530 g/mol. The van der Waals surface area contributed by atoms with Gasteiger partial charge in [-0.1, -0.05) is 40.2 Å². The number of cyclic esters (lactones) is 1. The number of amides is 5. The Morgan fingerprint density at radius 1 is 1.00 bits per heavy atom. The SMILES string of the molecule is C=CC[C@@H]1OC(=O)CCNC(=O)[C@H](C)N(C)C(=O)[C@H](C(C)C)N(C)C(=O)[C@H]([C@@H](C)CC)NC(=O)[C@H]2CCCN2C1=O. The van der Waals surface area contributed by atoms with Crippen molar-refractivity contribution >= 4 is 35.5 Å². The Morgan fingerprint density at radius 3 is 2.24 bits per heavy atom. The number of esters is 1. The van der Waals surface area contributed by atoms with Crippen LogP contribution in [0.15, 0.2) is 12.7 Å². The molecule has 0 aliphatic carbocycles. The molecule has 2 heterocycles. The molecule has 2 aliphatic rings. The quantitative estimate of drug-likeness (QED) is 0.364. The lowest BCUT2D eigenvalue weighted by atomic mass is 9.94. The summed E-state index contributed by atoms with van der Waals surface area (Å²) in [4.78, 5) is 84.0. The summed E-state index contributed by atoms with van der Waals surface area (Å²) >= 11 is 0. The summed E-state index contributed by atoms with van der Waals surface area (Å²) in [6.45, 7) is 12.8. The highest BCUT2D eigenvalue weighted by atomic mass is 16.5. The van der Waals surface area contributed by atoms with E-state index < -0.39 is 65.8 Å². The lowest BCUT2D eigenvalue weighted by Gasteiger charge is -2.38. The Bertz CT molecular complexity index is 1020. The molecule has 0 unspecified atom stereocenters. The third-order valence-corrected chi connectivity index (χ3v) is 8.13. The van der Waals surface area contributed by atoms with Gasteiger partial charge in [-0.3, -0.25) is 28.8 Å². The van der Waals surface area contributed by atoms with Crippen LogP contribution in [0.4, 0.5) is 0 Å². The summed E-state index contributed by atoms with van der Waals surface area (Å²) < 4.78 is 5.45. The van der Waals surface area contributed by atoms with E-state index in [0.717, 1.165) is 0 Å². The van der Waals surface area contributed by atoms with Crippen LogP contribution in [-0.4, -0.2) is 108 Å². The molecule has 5 amide bonds. The van der Waals surface area contributed by atoms with Crippen LogP contribution in [0.2, 0.25) is 0 Å². The minimum absolute atomic E-state index is 0.0566. The van der Waals surface area contributed by atoms with E-state index in [1.54, 1.807) is 6.92 Å². The number of fused-ring (bicyclic) bond motifs is 1. The average Bonchev–Trinajstić information content (AvgIpc) is 3.43. The molecule has 2 aliphatic heterocycles. The van der Waals surface area contributed by atoms with E-state index in [0.29, 0.717) is 25.8 Å². The molecule has 0 aromatic rings. The molecule has 0 spiro atoms. The first-order chi connectivity index (χ1) is 19.3. The molecule has 2 N–H and O–H groups in total. The number of rotatable bonds is 5. The summed E-state index contributed by atoms with van der Waals surface area (Å²) in [7, 11) is 3.02. The van der Waals surface area contributed by atoms with E-state index >= 15 is 0 Å². The maximum absolute atomic E-state index is 13.9. The Balaban J connectivity index is 2.53. The number of likely N-dealkylation sites (N-methyl/N-ethyl adjacent to an activating group) is 2. The number of carbonyl (C=O) groups is 6. The standard InChI is InChI=1S/C29H47N5O7/c1-9-12-21-27(38)34-16-11-13-20(34)26(37)31-23(18(5)10-2)28(39)33(8)24(17(3)4)29(40)32(7)19(6)25(36)30-15-14-22(35)41-21/h9,17-21,23-24H,1,10-16H2,2-8H3,(H,30,36)(H,31,37)/t18-,19-,20+,21-,23-,24-/m0/s1. The lowest BCUT2D eigenvalue weighted by Crippen LogP contribution is -2.60. The van der Waals surface area contributed by atoms with Gasteiger partial charge in [0.05, 0.1) is 6.42 Å². The Labute approximate surface area is 243 Å². The van der Waals surface area contributed by atoms with Crippen molar-refractivity contribution in [3.05, 3.63) is 12.7 Å². The molecule has 0 radical (unpaired) electrons. The molecule has 2 rings (SSSR count). The minimum atomic E-state index is -1.17. The van der Waals surface area contributed by atoms with Gasteiger partial charge in [-0.2, -0.15) is 0 Å². The molecule has 0 saturated carbocycles. The Hall–Kier alpha value is -3.44. The maximum atomic E-state index is 13.9. The van der Waals surface area contributed by atoms with E-state index in [2.05, 4.69) is 17.2 Å². The summed E-state index contributed by atoms with van der Waals surface area (Å²) in [6.07, 6.45) is 1.70. The van der Waals surface area contributed by atoms with Crippen LogP contribution in [0, 0.1) is 11.8 Å². The molecule has 2 saturated heterocycles. The molecule has 12 heteroatoms. The summed E-state index contributed by atoms with van der Waals surface area (Å²) in [5, 5.41) is 5.51. The third kappa shape index (κ3) is 8.07. The minimum Gasteiger partial charge on any atom is -0.452 e. The molecule has 0 aromatic heterocycles. The molecule has 230 valence electrons. The Morgan fingerprint density at radius 2 is 1.66 bits per heavy atom. The van der Waals surface area contributed by atoms with Crippen molar-refractivity contribution in [1.29, 1.82) is 0 Å². The molecule has 0 bridgehead atoms. The summed E-state index contributed by atoms with van der Waals surface area (Å²) in [5.74, 6) is -3.58. The van der Waals surface area contributed by atoms with Crippen molar-refractivity contribution in [2.45, 2.75) is 97.0 Å². The second-order valence-corrected chi connectivity index (χ2v) is 11.4. The van der Waals surface area contributed by atoms with Crippen molar-refractivity contribution in [3.63, 3.8) is 0 Å². The van der Waals surface area contributed by atoms with Gasteiger partial charge in [-0.25, -0.2) is 0 Å². The first kappa shape index (κ1) is 33.8. The lowest BCUT2D eigenvalue weighted by molar-refractivity contribution is -0.161. The van der Waals surface area contributed by atoms with Crippen molar-refractivity contribution in [2.75, 3.05) is 27.2 Å². The van der Waals surface area contributed by atoms with Gasteiger partial charge in [-0.05, 0) is 31.6 Å². The second-order valence-electron chi connectivity index (χ2n) is 11.4. The number of nitrogens with one attached hydrogen (secondary N) is 2. The van der Waals surface area contributed by atoms with Crippen molar-refractivity contribution in [3.8, 4) is 0 Å². The molecule has 12 nitrogen and oxygen atoms in total. The van der Waals surface area contributed by atoms with Gasteiger partial charge in [0.25, 0.3) is 5.91 Å². The number of hydrogen-bond donors (Lipinski definition) is 2. The first-order valence-corrected chi connectivity index (χ1v) is 14.5. The fraction of sp³-hybridized carbons (Fsp3) is 0.724. The van der Waals surface area contributed by atoms with E-state index in [1.807, 2.05) is 27.7 Å². The number of carbonyl (C=O) groups excluding carboxylic acids is 6. The fourth-order valence-electron chi connectivity index (χ4n) is 5.25. The second kappa shape index (κ2) is 15.0. The average molecular weight is 578 g/mol. The number of hydrogen-bond acceptors (Lipinski definition) is 7. The highest BCUT2D eigenvalue weighted by Gasteiger charge is 2.42. The maximum Gasteiger partial charge on any atom is 0.308 e. The highest BCUT2D eigenvalue weighted by molar-refractivity contribution is 5.96. The summed E-state index contributed by atoms with van der Waals surface area (Å²) in [6, 6.07) is -3.57. The van der Waals surface area contributed by atoms with E-state index in [9.17, 15) is 28.8 Å². The van der Waals surface area contributed by atoms with Crippen LogP contribution >= 0.6 is 0 Å². The monoisotopic (exact) mass is 577 g/mol. The summed E-state index contributed by atoms with van der Waals surface area (Å²) in [5.41, 5.74) is 0. The molecule has 6 atom stereocenters. The predicted octanol–water partition coefficient (Wildman–Crippen LogP) is 0.846. The van der Waals surface area contributed by atoms with Gasteiger partial charge in [-0.15, -0.1) is 6.58 Å². The van der Waals surface area contributed by atoms with Crippen LogP contribution in [0.5, 0.6) is 0 Å². The zero-order chi connectivity index (χ0) is 31.0. The van der Waals surface area contributed by atoms with Gasteiger partial charge in [0.15, 0.2) is 6.10 Å². The van der Waals surface area contributed by atoms with Crippen LogP contribution < -0.4 is 10.6 Å². The van der Waals surface area contributed by atoms with Gasteiger partial charge >= 0.3 is 5.97 Å². The normalized spacial score (nSPS) is 28.8. The Kier molecular flexibility index (Phi) is 12.3. The first-order valence-electron chi connectivity index (χ1n) is 14.5. The van der Waals surface area contributed by atoms with Crippen LogP contribution in [-0.2, 0) is 33.5 Å². The number of nitrogens with zero attached hydrogens (tertiary/aromatic N) is 3. The van der Waals surface area contributed by atoms with Gasteiger partial charge in [0.2, 0.25) is 23.6 Å². The molecule has 0 aromatic carbocycles. The van der Waals surface area contributed by atoms with Crippen LogP contribution in [0.3, 0.4) is 0 Å². The fourth-order valence-corrected chi connectivity index (χ4v) is 5.25. The van der Waals surface area contributed by atoms with E-state index in [1.165, 1.54) is 34.9 Å². The van der Waals surface area contributed by atoms with Crippen LogP contribution in [0.25, 0.3) is 0 Å². The zero-order valence-electron chi connectivity index (χ0n) is 25.5. The molecule has 41 heavy (non-hydrogen) atoms. The zero-order valence-corrected chi connectivity index (χ0v) is 25.5. The third-order valence-electron chi connectivity index (χ3n) is 8.13. The van der Waals surface area contributed by atoms with Gasteiger partial charge in [0.1, 0.15) is 24.2 Å². The smallest absolute Gasteiger partial charge is 0.308 e. The van der Waals surface area contributed by atoms with Crippen molar-refractivity contribution in [1.82, 2.24) is 25.3 Å². The molecule has 2 fully saturated rings. The molecular formula is C29H47N5O7. The van der Waals surface area contributed by atoms with Gasteiger partial charge < -0.3 is 30.1 Å². The largest absolute Gasteiger partial charge is 0.452 e. The van der Waals surface area contributed by atoms with Crippen molar-refractivity contribution in [2.24, 2.45) is 11.8 Å². The van der Waals surface area contributed by atoms with E-state index in [4.69, 9.17) is 4.74 Å². The number of ether oxygens (including phenoxy) is 1. The predicted molar refractivity (Wildman–Crippen MR) is 152 cm³/mol. The topological polar surface area (TPSA) is 145 Å². The van der Waals surface area contributed by atoms with Crippen LogP contribution in [0.1, 0.15) is 66.7 Å². The highest BCUT2D eigenvalue weighted by Crippen LogP contribution is 2.23. The van der Waals surface area contributed by atoms with Gasteiger partial charge in [0, 0.05) is 33.6 Å².